The van der Waals surface area contributed by atoms with Crippen LogP contribution in [0, 0.1) is 6.92 Å². The predicted octanol–water partition coefficient (Wildman–Crippen LogP) is 4.34. The van der Waals surface area contributed by atoms with Crippen LogP contribution in [-0.2, 0) is 4.74 Å². The van der Waals surface area contributed by atoms with Crippen LogP contribution in [-0.4, -0.2) is 25.8 Å². The molecule has 0 aliphatic carbocycles. The van der Waals surface area contributed by atoms with Gasteiger partial charge in [-0.15, -0.1) is 0 Å². The Morgan fingerprint density at radius 2 is 1.62 bits per heavy atom. The van der Waals surface area contributed by atoms with Crippen molar-refractivity contribution in [1.29, 1.82) is 0 Å². The minimum absolute atomic E-state index is 0.223. The third kappa shape index (κ3) is 6.30. The normalized spacial score (nSPS) is 10.2. The van der Waals surface area contributed by atoms with Crippen LogP contribution in [0.1, 0.15) is 18.9 Å². The molecule has 0 aromatic heterocycles. The molecule has 24 heavy (non-hydrogen) atoms. The van der Waals surface area contributed by atoms with E-state index in [4.69, 9.17) is 9.47 Å². The fourth-order valence-electron chi connectivity index (χ4n) is 2.04. The minimum Gasteiger partial charge on any atom is -0.457 e. The molecule has 0 saturated carbocycles. The van der Waals surface area contributed by atoms with Gasteiger partial charge in [0.2, 0.25) is 0 Å². The van der Waals surface area contributed by atoms with Gasteiger partial charge in [-0.3, -0.25) is 0 Å². The minimum atomic E-state index is -0.223. The Labute approximate surface area is 143 Å². The topological polar surface area (TPSA) is 59.6 Å². The number of benzene rings is 2. The summed E-state index contributed by atoms with van der Waals surface area (Å²) in [6.45, 7) is 5.92. The number of hydrogen-bond donors (Lipinski definition) is 2. The Kier molecular flexibility index (Phi) is 7.11. The molecule has 0 heterocycles. The van der Waals surface area contributed by atoms with Gasteiger partial charge >= 0.3 is 6.03 Å². The lowest BCUT2D eigenvalue weighted by Gasteiger charge is -2.09. The summed E-state index contributed by atoms with van der Waals surface area (Å²) in [6, 6.07) is 14.9. The number of rotatable bonds is 8. The van der Waals surface area contributed by atoms with Crippen LogP contribution in [0.3, 0.4) is 0 Å². The fraction of sp³-hybridized carbons (Fsp3) is 0.316. The first-order chi connectivity index (χ1) is 11.7. The van der Waals surface area contributed by atoms with E-state index >= 15 is 0 Å². The lowest BCUT2D eigenvalue weighted by atomic mass is 10.2. The number of carbonyl (C=O) groups is 1. The van der Waals surface area contributed by atoms with E-state index in [1.165, 1.54) is 5.56 Å². The summed E-state index contributed by atoms with van der Waals surface area (Å²) in [7, 11) is 0. The second kappa shape index (κ2) is 9.57. The smallest absolute Gasteiger partial charge is 0.319 e. The van der Waals surface area contributed by atoms with Crippen molar-refractivity contribution in [2.45, 2.75) is 20.3 Å². The number of amides is 2. The summed E-state index contributed by atoms with van der Waals surface area (Å²) >= 11 is 0. The van der Waals surface area contributed by atoms with E-state index in [0.717, 1.165) is 17.9 Å². The van der Waals surface area contributed by atoms with E-state index in [1.54, 1.807) is 0 Å². The van der Waals surface area contributed by atoms with Gasteiger partial charge in [-0.05, 0) is 56.7 Å². The molecule has 0 atom stereocenters. The number of carbonyl (C=O) groups excluding carboxylic acids is 1. The zero-order chi connectivity index (χ0) is 17.2. The second-order valence-electron chi connectivity index (χ2n) is 5.37. The Hall–Kier alpha value is -2.53. The molecule has 2 aromatic rings. The molecule has 2 amide bonds. The maximum atomic E-state index is 11.8. The molecule has 5 heteroatoms. The molecule has 0 fully saturated rings. The van der Waals surface area contributed by atoms with E-state index < -0.39 is 0 Å². The first-order valence-corrected chi connectivity index (χ1v) is 8.14. The molecular weight excluding hydrogens is 304 g/mol. The highest BCUT2D eigenvalue weighted by molar-refractivity contribution is 5.89. The monoisotopic (exact) mass is 328 g/mol. The first kappa shape index (κ1) is 17.8. The number of ether oxygens (including phenoxy) is 2. The number of aryl methyl sites for hydroxylation is 1. The number of hydrogen-bond acceptors (Lipinski definition) is 3. The average Bonchev–Trinajstić information content (AvgIpc) is 2.58. The van der Waals surface area contributed by atoms with E-state index in [9.17, 15) is 4.79 Å². The lowest BCUT2D eigenvalue weighted by Crippen LogP contribution is -2.30. The van der Waals surface area contributed by atoms with Crippen molar-refractivity contribution in [3.63, 3.8) is 0 Å². The summed E-state index contributed by atoms with van der Waals surface area (Å²) in [5.41, 5.74) is 1.91. The average molecular weight is 328 g/mol. The van der Waals surface area contributed by atoms with Gasteiger partial charge in [-0.1, -0.05) is 17.7 Å². The Morgan fingerprint density at radius 3 is 2.25 bits per heavy atom. The van der Waals surface area contributed by atoms with Crippen LogP contribution in [0.2, 0.25) is 0 Å². The molecule has 2 N–H and O–H groups in total. The van der Waals surface area contributed by atoms with Crippen LogP contribution < -0.4 is 15.4 Å². The third-order valence-corrected chi connectivity index (χ3v) is 3.32. The fourth-order valence-corrected chi connectivity index (χ4v) is 2.04. The second-order valence-corrected chi connectivity index (χ2v) is 5.37. The zero-order valence-electron chi connectivity index (χ0n) is 14.2. The van der Waals surface area contributed by atoms with Crippen molar-refractivity contribution in [3.8, 4) is 11.5 Å². The lowest BCUT2D eigenvalue weighted by molar-refractivity contribution is 0.145. The highest BCUT2D eigenvalue weighted by Gasteiger charge is 2.02. The van der Waals surface area contributed by atoms with Crippen molar-refractivity contribution in [1.82, 2.24) is 5.32 Å². The van der Waals surface area contributed by atoms with Crippen molar-refractivity contribution in [3.05, 3.63) is 54.1 Å². The Bertz CT molecular complexity index is 624. The standard InChI is InChI=1S/C19H24N2O3/c1-3-23-14-4-13-20-19(22)21-16-7-11-18(12-8-16)24-17-9-5-15(2)6-10-17/h5-12H,3-4,13-14H2,1-2H3,(H2,20,21,22). The molecule has 128 valence electrons. The van der Waals surface area contributed by atoms with E-state index in [-0.39, 0.29) is 6.03 Å². The zero-order valence-corrected chi connectivity index (χ0v) is 14.2. The summed E-state index contributed by atoms with van der Waals surface area (Å²) < 4.78 is 11.0. The van der Waals surface area contributed by atoms with Crippen LogP contribution >= 0.6 is 0 Å². The van der Waals surface area contributed by atoms with Gasteiger partial charge in [0.15, 0.2) is 0 Å². The van der Waals surface area contributed by atoms with Gasteiger partial charge in [-0.2, -0.15) is 0 Å². The summed E-state index contributed by atoms with van der Waals surface area (Å²) in [5.74, 6) is 1.51. The summed E-state index contributed by atoms with van der Waals surface area (Å²) in [5, 5.41) is 5.57. The molecule has 0 aliphatic heterocycles. The number of urea groups is 1. The third-order valence-electron chi connectivity index (χ3n) is 3.32. The van der Waals surface area contributed by atoms with Gasteiger partial charge in [0.1, 0.15) is 11.5 Å². The van der Waals surface area contributed by atoms with Crippen LogP contribution in [0.15, 0.2) is 48.5 Å². The van der Waals surface area contributed by atoms with Gasteiger partial charge in [0.25, 0.3) is 0 Å². The van der Waals surface area contributed by atoms with Gasteiger partial charge in [0, 0.05) is 25.4 Å². The van der Waals surface area contributed by atoms with Crippen molar-refractivity contribution >= 4 is 11.7 Å². The van der Waals surface area contributed by atoms with E-state index in [2.05, 4.69) is 10.6 Å². The van der Waals surface area contributed by atoms with Crippen LogP contribution in [0.25, 0.3) is 0 Å². The number of anilines is 1. The molecule has 0 radical (unpaired) electrons. The van der Waals surface area contributed by atoms with E-state index in [0.29, 0.717) is 25.4 Å². The van der Waals surface area contributed by atoms with Gasteiger partial charge in [-0.25, -0.2) is 4.79 Å². The molecule has 0 saturated heterocycles. The molecule has 0 bridgehead atoms. The number of nitrogens with one attached hydrogen (secondary N) is 2. The Morgan fingerprint density at radius 1 is 1.00 bits per heavy atom. The summed E-state index contributed by atoms with van der Waals surface area (Å²) in [6.07, 6.45) is 0.796. The van der Waals surface area contributed by atoms with Crippen molar-refractivity contribution < 1.29 is 14.3 Å². The molecule has 0 spiro atoms. The first-order valence-electron chi connectivity index (χ1n) is 8.14. The quantitative estimate of drug-likeness (QED) is 0.709. The highest BCUT2D eigenvalue weighted by atomic mass is 16.5. The molecule has 5 nitrogen and oxygen atoms in total. The molecule has 2 rings (SSSR count). The summed E-state index contributed by atoms with van der Waals surface area (Å²) in [4.78, 5) is 11.8. The Balaban J connectivity index is 1.77. The molecule has 0 aliphatic rings. The van der Waals surface area contributed by atoms with Crippen molar-refractivity contribution in [2.75, 3.05) is 25.1 Å². The van der Waals surface area contributed by atoms with Crippen LogP contribution in [0.5, 0.6) is 11.5 Å². The van der Waals surface area contributed by atoms with Crippen molar-refractivity contribution in [2.24, 2.45) is 0 Å². The molecule has 2 aromatic carbocycles. The maximum absolute atomic E-state index is 11.8. The predicted molar refractivity (Wildman–Crippen MR) is 95.8 cm³/mol. The highest BCUT2D eigenvalue weighted by Crippen LogP contribution is 2.23. The molecular formula is C19H24N2O3. The van der Waals surface area contributed by atoms with Crippen LogP contribution in [0.4, 0.5) is 10.5 Å². The largest absolute Gasteiger partial charge is 0.457 e. The van der Waals surface area contributed by atoms with Gasteiger partial charge < -0.3 is 20.1 Å². The molecule has 0 unspecified atom stereocenters. The van der Waals surface area contributed by atoms with Gasteiger partial charge in [0.05, 0.1) is 0 Å². The SMILES string of the molecule is CCOCCCNC(=O)Nc1ccc(Oc2ccc(C)cc2)cc1. The van der Waals surface area contributed by atoms with E-state index in [1.807, 2.05) is 62.4 Å². The maximum Gasteiger partial charge on any atom is 0.319 e.